The Morgan fingerprint density at radius 3 is 2.83 bits per heavy atom. The molecule has 0 radical (unpaired) electrons. The zero-order valence-electron chi connectivity index (χ0n) is 10.5. The van der Waals surface area contributed by atoms with Crippen LogP contribution >= 0.6 is 11.6 Å². The first-order valence-corrected chi connectivity index (χ1v) is 6.22. The van der Waals surface area contributed by atoms with Gasteiger partial charge in [-0.05, 0) is 24.2 Å². The minimum Gasteiger partial charge on any atom is -0.454 e. The van der Waals surface area contributed by atoms with Crippen LogP contribution in [0.4, 0.5) is 0 Å². The molecule has 1 aromatic carbocycles. The van der Waals surface area contributed by atoms with Crippen molar-refractivity contribution in [2.24, 2.45) is 7.05 Å². The van der Waals surface area contributed by atoms with Gasteiger partial charge in [-0.15, -0.1) is 0 Å². The van der Waals surface area contributed by atoms with Crippen LogP contribution in [0.5, 0.6) is 11.5 Å². The number of aryl methyl sites for hydroxylation is 1. The molecule has 0 amide bonds. The van der Waals surface area contributed by atoms with Gasteiger partial charge >= 0.3 is 0 Å². The Hall–Kier alpha value is -1.52. The SMILES string of the molecule is CCNCc1ccc(Oc2cnn(C)c2)cc1Cl. The van der Waals surface area contributed by atoms with E-state index < -0.39 is 0 Å². The molecule has 2 aromatic rings. The normalized spacial score (nSPS) is 10.6. The van der Waals surface area contributed by atoms with Crippen LogP contribution in [0.2, 0.25) is 5.02 Å². The van der Waals surface area contributed by atoms with Crippen molar-refractivity contribution >= 4 is 11.6 Å². The van der Waals surface area contributed by atoms with Crippen molar-refractivity contribution in [3.8, 4) is 11.5 Å². The van der Waals surface area contributed by atoms with E-state index in [2.05, 4.69) is 17.3 Å². The van der Waals surface area contributed by atoms with Crippen LogP contribution in [0, 0.1) is 0 Å². The number of halogens is 1. The Bertz CT molecular complexity index is 525. The molecule has 2 rings (SSSR count). The molecule has 0 aliphatic rings. The smallest absolute Gasteiger partial charge is 0.165 e. The highest BCUT2D eigenvalue weighted by Gasteiger charge is 2.04. The summed E-state index contributed by atoms with van der Waals surface area (Å²) in [4.78, 5) is 0. The van der Waals surface area contributed by atoms with Gasteiger partial charge in [0.05, 0.1) is 12.4 Å². The molecule has 1 N–H and O–H groups in total. The maximum atomic E-state index is 6.20. The van der Waals surface area contributed by atoms with Crippen molar-refractivity contribution in [2.45, 2.75) is 13.5 Å². The first kappa shape index (κ1) is 12.9. The second-order valence-electron chi connectivity index (χ2n) is 3.99. The molecule has 0 atom stereocenters. The summed E-state index contributed by atoms with van der Waals surface area (Å²) in [5.41, 5.74) is 1.07. The molecule has 0 aliphatic heterocycles. The Kier molecular flexibility index (Phi) is 4.23. The van der Waals surface area contributed by atoms with Gasteiger partial charge in [0.25, 0.3) is 0 Å². The molecule has 4 nitrogen and oxygen atoms in total. The van der Waals surface area contributed by atoms with E-state index in [1.807, 2.05) is 25.2 Å². The second kappa shape index (κ2) is 5.89. The molecular weight excluding hydrogens is 250 g/mol. The Balaban J connectivity index is 2.08. The van der Waals surface area contributed by atoms with Crippen LogP contribution < -0.4 is 10.1 Å². The lowest BCUT2D eigenvalue weighted by atomic mass is 10.2. The van der Waals surface area contributed by atoms with Crippen LogP contribution in [-0.2, 0) is 13.6 Å². The fraction of sp³-hybridized carbons (Fsp3) is 0.308. The zero-order chi connectivity index (χ0) is 13.0. The highest BCUT2D eigenvalue weighted by molar-refractivity contribution is 6.31. The molecular formula is C13H16ClN3O. The third-order valence-electron chi connectivity index (χ3n) is 2.51. The number of rotatable bonds is 5. The zero-order valence-corrected chi connectivity index (χ0v) is 11.2. The molecule has 0 saturated heterocycles. The van der Waals surface area contributed by atoms with Gasteiger partial charge in [-0.25, -0.2) is 0 Å². The maximum Gasteiger partial charge on any atom is 0.165 e. The molecule has 96 valence electrons. The number of nitrogens with one attached hydrogen (secondary N) is 1. The van der Waals surface area contributed by atoms with E-state index in [1.54, 1.807) is 17.1 Å². The lowest BCUT2D eigenvalue weighted by molar-refractivity contribution is 0.481. The third-order valence-corrected chi connectivity index (χ3v) is 2.86. The largest absolute Gasteiger partial charge is 0.454 e. The maximum absolute atomic E-state index is 6.20. The van der Waals surface area contributed by atoms with E-state index in [0.29, 0.717) is 16.5 Å². The Morgan fingerprint density at radius 1 is 1.39 bits per heavy atom. The molecule has 0 spiro atoms. The minimum absolute atomic E-state index is 0.702. The van der Waals surface area contributed by atoms with Crippen molar-refractivity contribution in [1.82, 2.24) is 15.1 Å². The molecule has 5 heteroatoms. The van der Waals surface area contributed by atoms with Crippen molar-refractivity contribution in [2.75, 3.05) is 6.54 Å². The molecule has 0 bridgehead atoms. The number of hydrogen-bond acceptors (Lipinski definition) is 3. The number of aromatic nitrogens is 2. The molecule has 1 heterocycles. The average molecular weight is 266 g/mol. The van der Waals surface area contributed by atoms with Gasteiger partial charge in [-0.1, -0.05) is 24.6 Å². The topological polar surface area (TPSA) is 39.1 Å². The van der Waals surface area contributed by atoms with E-state index in [-0.39, 0.29) is 0 Å². The minimum atomic E-state index is 0.702. The molecule has 0 saturated carbocycles. The summed E-state index contributed by atoms with van der Waals surface area (Å²) >= 11 is 6.20. The van der Waals surface area contributed by atoms with Crippen LogP contribution in [0.1, 0.15) is 12.5 Å². The quantitative estimate of drug-likeness (QED) is 0.903. The summed E-state index contributed by atoms with van der Waals surface area (Å²) in [6.07, 6.45) is 3.47. The van der Waals surface area contributed by atoms with Crippen molar-refractivity contribution < 1.29 is 4.74 Å². The van der Waals surface area contributed by atoms with E-state index >= 15 is 0 Å². The summed E-state index contributed by atoms with van der Waals surface area (Å²) in [6, 6.07) is 5.70. The lowest BCUT2D eigenvalue weighted by Gasteiger charge is -2.08. The first-order valence-electron chi connectivity index (χ1n) is 5.84. The Labute approximate surface area is 112 Å². The van der Waals surface area contributed by atoms with Crippen molar-refractivity contribution in [3.63, 3.8) is 0 Å². The fourth-order valence-corrected chi connectivity index (χ4v) is 1.82. The van der Waals surface area contributed by atoms with Crippen LogP contribution in [0.25, 0.3) is 0 Å². The van der Waals surface area contributed by atoms with Crippen LogP contribution in [0.3, 0.4) is 0 Å². The van der Waals surface area contributed by atoms with Gasteiger partial charge in [0, 0.05) is 18.6 Å². The van der Waals surface area contributed by atoms with Crippen LogP contribution in [-0.4, -0.2) is 16.3 Å². The predicted octanol–water partition coefficient (Wildman–Crippen LogP) is 2.98. The highest BCUT2D eigenvalue weighted by atomic mass is 35.5. The van der Waals surface area contributed by atoms with Crippen molar-refractivity contribution in [1.29, 1.82) is 0 Å². The monoisotopic (exact) mass is 265 g/mol. The number of benzene rings is 1. The number of ether oxygens (including phenoxy) is 1. The van der Waals surface area contributed by atoms with Gasteiger partial charge < -0.3 is 10.1 Å². The Morgan fingerprint density at radius 2 is 2.22 bits per heavy atom. The van der Waals surface area contributed by atoms with Gasteiger partial charge in [-0.2, -0.15) is 5.10 Å². The van der Waals surface area contributed by atoms with E-state index in [1.165, 1.54) is 0 Å². The summed E-state index contributed by atoms with van der Waals surface area (Å²) in [5, 5.41) is 7.99. The summed E-state index contributed by atoms with van der Waals surface area (Å²) in [7, 11) is 1.85. The summed E-state index contributed by atoms with van der Waals surface area (Å²) in [5.74, 6) is 1.42. The van der Waals surface area contributed by atoms with E-state index in [0.717, 1.165) is 18.7 Å². The molecule has 0 aliphatic carbocycles. The third kappa shape index (κ3) is 3.24. The molecule has 0 unspecified atom stereocenters. The van der Waals surface area contributed by atoms with E-state index in [9.17, 15) is 0 Å². The lowest BCUT2D eigenvalue weighted by Crippen LogP contribution is -2.11. The summed E-state index contributed by atoms with van der Waals surface area (Å²) in [6.45, 7) is 3.75. The van der Waals surface area contributed by atoms with E-state index in [4.69, 9.17) is 16.3 Å². The fourth-order valence-electron chi connectivity index (χ4n) is 1.58. The first-order chi connectivity index (χ1) is 8.69. The standard InChI is InChI=1S/C13H16ClN3O/c1-3-15-7-10-4-5-11(6-13(10)14)18-12-8-16-17(2)9-12/h4-6,8-9,15H,3,7H2,1-2H3. The van der Waals surface area contributed by atoms with Gasteiger partial charge in [0.15, 0.2) is 5.75 Å². The molecule has 1 aromatic heterocycles. The summed E-state index contributed by atoms with van der Waals surface area (Å²) < 4.78 is 7.34. The molecule has 0 fully saturated rings. The van der Waals surface area contributed by atoms with Crippen molar-refractivity contribution in [3.05, 3.63) is 41.2 Å². The van der Waals surface area contributed by atoms with Gasteiger partial charge in [0.1, 0.15) is 5.75 Å². The predicted molar refractivity (Wildman–Crippen MR) is 72.1 cm³/mol. The van der Waals surface area contributed by atoms with Gasteiger partial charge in [-0.3, -0.25) is 4.68 Å². The number of nitrogens with zero attached hydrogens (tertiary/aromatic N) is 2. The highest BCUT2D eigenvalue weighted by Crippen LogP contribution is 2.26. The number of hydrogen-bond donors (Lipinski definition) is 1. The van der Waals surface area contributed by atoms with Crippen LogP contribution in [0.15, 0.2) is 30.6 Å². The second-order valence-corrected chi connectivity index (χ2v) is 4.39. The molecule has 18 heavy (non-hydrogen) atoms. The van der Waals surface area contributed by atoms with Gasteiger partial charge in [0.2, 0.25) is 0 Å². The average Bonchev–Trinajstić information content (AvgIpc) is 2.74.